The van der Waals surface area contributed by atoms with E-state index in [1.807, 2.05) is 40.6 Å². The van der Waals surface area contributed by atoms with Crippen molar-refractivity contribution in [2.24, 2.45) is 5.92 Å². The van der Waals surface area contributed by atoms with Gasteiger partial charge in [-0.3, -0.25) is 9.78 Å². The van der Waals surface area contributed by atoms with E-state index in [-0.39, 0.29) is 18.1 Å². The molecule has 132 valence electrons. The van der Waals surface area contributed by atoms with Crippen molar-refractivity contribution in [3.8, 4) is 0 Å². The normalized spacial score (nSPS) is 25.8. The highest BCUT2D eigenvalue weighted by Crippen LogP contribution is 2.35. The SMILES string of the molecule is O=C(c1cccs1)N1CCOC2CC(COCc3ccccn3)CC21. The molecule has 2 aliphatic rings. The van der Waals surface area contributed by atoms with E-state index in [1.165, 1.54) is 11.3 Å². The fourth-order valence-corrected chi connectivity index (χ4v) is 4.47. The lowest BCUT2D eigenvalue weighted by Crippen LogP contribution is -2.51. The van der Waals surface area contributed by atoms with Crippen LogP contribution in [0, 0.1) is 5.92 Å². The lowest BCUT2D eigenvalue weighted by molar-refractivity contribution is -0.0448. The molecule has 1 saturated heterocycles. The summed E-state index contributed by atoms with van der Waals surface area (Å²) in [5, 5.41) is 1.95. The Morgan fingerprint density at radius 2 is 2.28 bits per heavy atom. The number of morpholine rings is 1. The number of amides is 1. The molecule has 3 heterocycles. The summed E-state index contributed by atoms with van der Waals surface area (Å²) in [5.74, 6) is 0.568. The molecule has 0 N–H and O–H groups in total. The molecule has 1 aliphatic heterocycles. The molecule has 25 heavy (non-hydrogen) atoms. The number of ether oxygens (including phenoxy) is 2. The van der Waals surface area contributed by atoms with Crippen LogP contribution < -0.4 is 0 Å². The Morgan fingerprint density at radius 3 is 3.08 bits per heavy atom. The van der Waals surface area contributed by atoms with Crippen LogP contribution in [0.1, 0.15) is 28.2 Å². The second-order valence-electron chi connectivity index (χ2n) is 6.63. The first kappa shape index (κ1) is 16.7. The van der Waals surface area contributed by atoms with E-state index in [9.17, 15) is 4.79 Å². The zero-order valence-corrected chi connectivity index (χ0v) is 14.9. The number of carbonyl (C=O) groups is 1. The molecule has 1 aliphatic carbocycles. The van der Waals surface area contributed by atoms with Crippen molar-refractivity contribution in [2.45, 2.75) is 31.6 Å². The molecule has 0 bridgehead atoms. The number of hydrogen-bond donors (Lipinski definition) is 0. The largest absolute Gasteiger partial charge is 0.375 e. The van der Waals surface area contributed by atoms with E-state index in [4.69, 9.17) is 9.47 Å². The van der Waals surface area contributed by atoms with Gasteiger partial charge in [0.2, 0.25) is 0 Å². The number of fused-ring (bicyclic) bond motifs is 1. The summed E-state index contributed by atoms with van der Waals surface area (Å²) in [6.45, 7) is 2.53. The minimum Gasteiger partial charge on any atom is -0.375 e. The fourth-order valence-electron chi connectivity index (χ4n) is 3.79. The molecule has 1 saturated carbocycles. The first-order valence-electron chi connectivity index (χ1n) is 8.75. The maximum atomic E-state index is 12.8. The number of thiophene rings is 1. The van der Waals surface area contributed by atoms with Crippen molar-refractivity contribution in [1.82, 2.24) is 9.88 Å². The zero-order chi connectivity index (χ0) is 17.1. The third-order valence-corrected chi connectivity index (χ3v) is 5.81. The van der Waals surface area contributed by atoms with Crippen molar-refractivity contribution < 1.29 is 14.3 Å². The molecule has 0 aromatic carbocycles. The molecule has 5 nitrogen and oxygen atoms in total. The Bertz CT molecular complexity index is 692. The number of hydrogen-bond acceptors (Lipinski definition) is 5. The highest BCUT2D eigenvalue weighted by atomic mass is 32.1. The Kier molecular flexibility index (Phi) is 5.10. The Morgan fingerprint density at radius 1 is 1.32 bits per heavy atom. The topological polar surface area (TPSA) is 51.7 Å². The molecular weight excluding hydrogens is 336 g/mol. The molecular formula is C19H22N2O3S. The van der Waals surface area contributed by atoms with Crippen LogP contribution in [0.3, 0.4) is 0 Å². The Labute approximate surface area is 151 Å². The van der Waals surface area contributed by atoms with Gasteiger partial charge in [0.05, 0.1) is 42.5 Å². The van der Waals surface area contributed by atoms with Crippen LogP contribution in [0.2, 0.25) is 0 Å². The maximum Gasteiger partial charge on any atom is 0.264 e. The number of aromatic nitrogens is 1. The van der Waals surface area contributed by atoms with Gasteiger partial charge in [0.1, 0.15) is 0 Å². The lowest BCUT2D eigenvalue weighted by atomic mass is 10.1. The van der Waals surface area contributed by atoms with Crippen molar-refractivity contribution in [1.29, 1.82) is 0 Å². The van der Waals surface area contributed by atoms with E-state index in [1.54, 1.807) is 6.20 Å². The smallest absolute Gasteiger partial charge is 0.264 e. The molecule has 2 aromatic heterocycles. The molecule has 3 unspecified atom stereocenters. The molecule has 3 atom stereocenters. The summed E-state index contributed by atoms with van der Waals surface area (Å²) >= 11 is 1.51. The average Bonchev–Trinajstić information content (AvgIpc) is 3.31. The second kappa shape index (κ2) is 7.64. The number of carbonyl (C=O) groups excluding carboxylic acids is 1. The molecule has 2 fully saturated rings. The Hall–Kier alpha value is -1.76. The van der Waals surface area contributed by atoms with E-state index >= 15 is 0 Å². The minimum atomic E-state index is 0.140. The van der Waals surface area contributed by atoms with E-state index < -0.39 is 0 Å². The lowest BCUT2D eigenvalue weighted by Gasteiger charge is -2.37. The first-order valence-corrected chi connectivity index (χ1v) is 9.63. The van der Waals surface area contributed by atoms with Gasteiger partial charge in [-0.2, -0.15) is 0 Å². The highest BCUT2D eigenvalue weighted by molar-refractivity contribution is 7.12. The second-order valence-corrected chi connectivity index (χ2v) is 7.57. The van der Waals surface area contributed by atoms with Crippen molar-refractivity contribution >= 4 is 17.2 Å². The number of nitrogens with zero attached hydrogens (tertiary/aromatic N) is 2. The summed E-state index contributed by atoms with van der Waals surface area (Å²) in [4.78, 5) is 19.9. The quantitative estimate of drug-likeness (QED) is 0.825. The molecule has 0 radical (unpaired) electrons. The van der Waals surface area contributed by atoms with Crippen LogP contribution in [0.5, 0.6) is 0 Å². The van der Waals surface area contributed by atoms with Crippen molar-refractivity contribution in [3.63, 3.8) is 0 Å². The third kappa shape index (κ3) is 3.76. The van der Waals surface area contributed by atoms with Gasteiger partial charge in [-0.1, -0.05) is 12.1 Å². The van der Waals surface area contributed by atoms with E-state index in [2.05, 4.69) is 4.98 Å². The molecule has 0 spiro atoms. The molecule has 1 amide bonds. The van der Waals surface area contributed by atoms with Crippen molar-refractivity contribution in [2.75, 3.05) is 19.8 Å². The maximum absolute atomic E-state index is 12.8. The zero-order valence-electron chi connectivity index (χ0n) is 14.0. The summed E-state index contributed by atoms with van der Waals surface area (Å²) in [5.41, 5.74) is 0.948. The summed E-state index contributed by atoms with van der Waals surface area (Å²) < 4.78 is 11.8. The van der Waals surface area contributed by atoms with Crippen LogP contribution in [0.25, 0.3) is 0 Å². The fraction of sp³-hybridized carbons (Fsp3) is 0.474. The first-order chi connectivity index (χ1) is 12.3. The minimum absolute atomic E-state index is 0.140. The van der Waals surface area contributed by atoms with Crippen LogP contribution in [0.15, 0.2) is 41.9 Å². The van der Waals surface area contributed by atoms with Gasteiger partial charge in [0.15, 0.2) is 0 Å². The van der Waals surface area contributed by atoms with E-state index in [0.29, 0.717) is 32.3 Å². The Balaban J connectivity index is 1.33. The predicted molar refractivity (Wildman–Crippen MR) is 95.5 cm³/mol. The number of pyridine rings is 1. The van der Waals surface area contributed by atoms with Gasteiger partial charge < -0.3 is 14.4 Å². The van der Waals surface area contributed by atoms with Crippen LogP contribution >= 0.6 is 11.3 Å². The monoisotopic (exact) mass is 358 g/mol. The van der Waals surface area contributed by atoms with Crippen LogP contribution in [0.4, 0.5) is 0 Å². The van der Waals surface area contributed by atoms with Crippen molar-refractivity contribution in [3.05, 3.63) is 52.5 Å². The van der Waals surface area contributed by atoms with Gasteiger partial charge >= 0.3 is 0 Å². The van der Waals surface area contributed by atoms with Gasteiger partial charge in [0, 0.05) is 12.7 Å². The number of rotatable bonds is 5. The predicted octanol–water partition coefficient (Wildman–Crippen LogP) is 2.98. The third-order valence-electron chi connectivity index (χ3n) is 4.96. The summed E-state index contributed by atoms with van der Waals surface area (Å²) in [6.07, 6.45) is 3.83. The van der Waals surface area contributed by atoms with Gasteiger partial charge in [-0.25, -0.2) is 0 Å². The van der Waals surface area contributed by atoms with Gasteiger partial charge in [-0.15, -0.1) is 11.3 Å². The highest BCUT2D eigenvalue weighted by Gasteiger charge is 2.43. The standard InChI is InChI=1S/C19H22N2O3S/c22-19(18-5-3-9-25-18)21-7-8-24-17-11-14(10-16(17)21)12-23-13-15-4-1-2-6-20-15/h1-6,9,14,16-17H,7-8,10-13H2. The van der Waals surface area contributed by atoms with Gasteiger partial charge in [-0.05, 0) is 42.3 Å². The van der Waals surface area contributed by atoms with E-state index in [0.717, 1.165) is 23.4 Å². The van der Waals surface area contributed by atoms with Crippen LogP contribution in [-0.2, 0) is 16.1 Å². The summed E-state index contributed by atoms with van der Waals surface area (Å²) in [6, 6.07) is 9.85. The van der Waals surface area contributed by atoms with Crippen LogP contribution in [-0.4, -0.2) is 47.7 Å². The molecule has 4 rings (SSSR count). The summed E-state index contributed by atoms with van der Waals surface area (Å²) in [7, 11) is 0. The molecule has 6 heteroatoms. The average molecular weight is 358 g/mol. The molecule has 2 aromatic rings. The van der Waals surface area contributed by atoms with Gasteiger partial charge in [0.25, 0.3) is 5.91 Å².